The summed E-state index contributed by atoms with van der Waals surface area (Å²) in [5.41, 5.74) is 1.13. The second kappa shape index (κ2) is 9.42. The van der Waals surface area contributed by atoms with Crippen LogP contribution in [0.25, 0.3) is 11.0 Å². The fourth-order valence-corrected chi connectivity index (χ4v) is 3.63. The summed E-state index contributed by atoms with van der Waals surface area (Å²) >= 11 is 7.43. The van der Waals surface area contributed by atoms with E-state index in [1.165, 1.54) is 18.0 Å². The van der Waals surface area contributed by atoms with Crippen molar-refractivity contribution < 1.29 is 18.7 Å². The number of ether oxygens (including phenoxy) is 1. The maximum Gasteiger partial charge on any atom is 0.276 e. The Morgan fingerprint density at radius 3 is 2.62 bits per heavy atom. The van der Waals surface area contributed by atoms with Gasteiger partial charge in [-0.05, 0) is 49.6 Å². The number of furan rings is 1. The molecule has 2 aromatic carbocycles. The zero-order chi connectivity index (χ0) is 22.7. The number of rotatable bonds is 7. The van der Waals surface area contributed by atoms with Gasteiger partial charge in [0.1, 0.15) is 11.3 Å². The predicted octanol–water partition coefficient (Wildman–Crippen LogP) is 5.48. The normalized spacial score (nSPS) is 10.8. The summed E-state index contributed by atoms with van der Waals surface area (Å²) in [5, 5.41) is 3.86. The van der Waals surface area contributed by atoms with Crippen molar-refractivity contribution in [2.24, 2.45) is 0 Å². The Morgan fingerprint density at radius 1 is 1.16 bits per heavy atom. The number of amides is 1. The molecule has 0 atom stereocenters. The van der Waals surface area contributed by atoms with Crippen molar-refractivity contribution >= 4 is 51.7 Å². The summed E-state index contributed by atoms with van der Waals surface area (Å²) < 4.78 is 11.3. The molecule has 4 aromatic rings. The zero-order valence-corrected chi connectivity index (χ0v) is 18.8. The number of hydrogen-bond acceptors (Lipinski definition) is 7. The number of para-hydroxylation sites is 1. The molecule has 32 heavy (non-hydrogen) atoms. The van der Waals surface area contributed by atoms with Gasteiger partial charge in [-0.3, -0.25) is 9.59 Å². The first-order valence-corrected chi connectivity index (χ1v) is 11.3. The highest BCUT2D eigenvalue weighted by Gasteiger charge is 2.25. The van der Waals surface area contributed by atoms with Gasteiger partial charge in [-0.1, -0.05) is 35.5 Å². The van der Waals surface area contributed by atoms with Crippen molar-refractivity contribution in [3.63, 3.8) is 0 Å². The van der Waals surface area contributed by atoms with Crippen molar-refractivity contribution in [1.29, 1.82) is 0 Å². The molecule has 0 fully saturated rings. The van der Waals surface area contributed by atoms with Crippen LogP contribution < -0.4 is 10.1 Å². The summed E-state index contributed by atoms with van der Waals surface area (Å²) in [5.74, 6) is -0.276. The number of thioether (sulfide) groups is 1. The van der Waals surface area contributed by atoms with E-state index in [4.69, 9.17) is 20.8 Å². The van der Waals surface area contributed by atoms with Gasteiger partial charge in [-0.25, -0.2) is 9.97 Å². The topological polar surface area (TPSA) is 94.3 Å². The molecule has 0 unspecified atom stereocenters. The number of nitrogens with one attached hydrogen (secondary N) is 1. The standard InChI is InChI=1S/C23H18ClN3O4S/c1-3-30-14-10-8-13(9-11-14)20(28)21-18(15-6-4-5-7-17(15)31-21)26-22(29)19-16(24)12-25-23(27-19)32-2/h4-12H,3H2,1-2H3,(H,26,29). The van der Waals surface area contributed by atoms with Crippen LogP contribution in [0.2, 0.25) is 5.02 Å². The molecule has 162 valence electrons. The van der Waals surface area contributed by atoms with Crippen LogP contribution in [0.3, 0.4) is 0 Å². The SMILES string of the molecule is CCOc1ccc(C(=O)c2oc3ccccc3c2NC(=O)c2nc(SC)ncc2Cl)cc1. The van der Waals surface area contributed by atoms with Crippen LogP contribution in [0.15, 0.2) is 64.3 Å². The second-order valence-electron chi connectivity index (χ2n) is 6.60. The first-order valence-electron chi connectivity index (χ1n) is 9.68. The number of anilines is 1. The number of benzene rings is 2. The molecule has 0 radical (unpaired) electrons. The van der Waals surface area contributed by atoms with Gasteiger partial charge >= 0.3 is 0 Å². The third-order valence-corrected chi connectivity index (χ3v) is 5.43. The van der Waals surface area contributed by atoms with E-state index in [2.05, 4.69) is 15.3 Å². The number of hydrogen-bond donors (Lipinski definition) is 1. The van der Waals surface area contributed by atoms with Gasteiger partial charge in [-0.15, -0.1) is 0 Å². The summed E-state index contributed by atoms with van der Waals surface area (Å²) in [6.07, 6.45) is 3.16. The number of ketones is 1. The van der Waals surface area contributed by atoms with Gasteiger partial charge in [-0.2, -0.15) is 0 Å². The Hall–Kier alpha value is -3.36. The fourth-order valence-electron chi connectivity index (χ4n) is 3.11. The molecule has 0 aliphatic heterocycles. The third-order valence-electron chi connectivity index (χ3n) is 4.59. The van der Waals surface area contributed by atoms with E-state index in [1.54, 1.807) is 54.8 Å². The molecule has 7 nitrogen and oxygen atoms in total. The van der Waals surface area contributed by atoms with E-state index >= 15 is 0 Å². The average Bonchev–Trinajstić information content (AvgIpc) is 3.18. The van der Waals surface area contributed by atoms with E-state index in [1.807, 2.05) is 6.92 Å². The molecule has 1 N–H and O–H groups in total. The van der Waals surface area contributed by atoms with E-state index in [0.29, 0.717) is 34.0 Å². The number of fused-ring (bicyclic) bond motifs is 1. The summed E-state index contributed by atoms with van der Waals surface area (Å²) in [4.78, 5) is 34.5. The van der Waals surface area contributed by atoms with Crippen molar-refractivity contribution in [2.45, 2.75) is 12.1 Å². The van der Waals surface area contributed by atoms with Crippen LogP contribution >= 0.6 is 23.4 Å². The van der Waals surface area contributed by atoms with Gasteiger partial charge in [0, 0.05) is 10.9 Å². The third kappa shape index (κ3) is 4.32. The van der Waals surface area contributed by atoms with Gasteiger partial charge in [0.05, 0.1) is 23.5 Å². The van der Waals surface area contributed by atoms with Crippen LogP contribution in [0, 0.1) is 0 Å². The highest BCUT2D eigenvalue weighted by Crippen LogP contribution is 2.33. The highest BCUT2D eigenvalue weighted by atomic mass is 35.5. The quantitative estimate of drug-likeness (QED) is 0.218. The lowest BCUT2D eigenvalue weighted by molar-refractivity contribution is 0.101. The Kier molecular flexibility index (Phi) is 6.43. The molecule has 0 saturated carbocycles. The van der Waals surface area contributed by atoms with E-state index in [-0.39, 0.29) is 27.9 Å². The van der Waals surface area contributed by atoms with Gasteiger partial charge in [0.15, 0.2) is 16.6 Å². The Bertz CT molecular complexity index is 1300. The minimum Gasteiger partial charge on any atom is -0.494 e. The van der Waals surface area contributed by atoms with E-state index < -0.39 is 5.91 Å². The molecule has 1 amide bonds. The van der Waals surface area contributed by atoms with Crippen molar-refractivity contribution in [2.75, 3.05) is 18.2 Å². The summed E-state index contributed by atoms with van der Waals surface area (Å²) in [7, 11) is 0. The lowest BCUT2D eigenvalue weighted by Crippen LogP contribution is -2.17. The van der Waals surface area contributed by atoms with Crippen molar-refractivity contribution in [3.05, 3.63) is 76.8 Å². The zero-order valence-electron chi connectivity index (χ0n) is 17.2. The predicted molar refractivity (Wildman–Crippen MR) is 124 cm³/mol. The molecule has 0 saturated heterocycles. The Labute approximate surface area is 193 Å². The van der Waals surface area contributed by atoms with Gasteiger partial charge in [0.2, 0.25) is 5.78 Å². The van der Waals surface area contributed by atoms with Crippen molar-refractivity contribution in [3.8, 4) is 5.75 Å². The van der Waals surface area contributed by atoms with Crippen LogP contribution in [0.5, 0.6) is 5.75 Å². The number of carbonyl (C=O) groups excluding carboxylic acids is 2. The molecule has 9 heteroatoms. The van der Waals surface area contributed by atoms with E-state index in [9.17, 15) is 9.59 Å². The van der Waals surface area contributed by atoms with Crippen LogP contribution in [0.4, 0.5) is 5.69 Å². The summed E-state index contributed by atoms with van der Waals surface area (Å²) in [6, 6.07) is 13.8. The lowest BCUT2D eigenvalue weighted by atomic mass is 10.1. The minimum absolute atomic E-state index is 0.00997. The largest absolute Gasteiger partial charge is 0.494 e. The number of carbonyl (C=O) groups is 2. The highest BCUT2D eigenvalue weighted by molar-refractivity contribution is 7.98. The lowest BCUT2D eigenvalue weighted by Gasteiger charge is -2.08. The molecule has 2 heterocycles. The van der Waals surface area contributed by atoms with Crippen LogP contribution in [0.1, 0.15) is 33.5 Å². The monoisotopic (exact) mass is 467 g/mol. The molecule has 4 rings (SSSR count). The van der Waals surface area contributed by atoms with Crippen LogP contribution in [-0.4, -0.2) is 34.5 Å². The maximum absolute atomic E-state index is 13.3. The maximum atomic E-state index is 13.3. The number of halogens is 1. The summed E-state index contributed by atoms with van der Waals surface area (Å²) in [6.45, 7) is 2.41. The average molecular weight is 468 g/mol. The van der Waals surface area contributed by atoms with Crippen molar-refractivity contribution in [1.82, 2.24) is 9.97 Å². The molecule has 0 spiro atoms. The molecular weight excluding hydrogens is 450 g/mol. The minimum atomic E-state index is -0.569. The molecule has 0 aliphatic carbocycles. The first-order chi connectivity index (χ1) is 15.5. The number of nitrogens with zero attached hydrogens (tertiary/aromatic N) is 2. The van der Waals surface area contributed by atoms with Crippen LogP contribution in [-0.2, 0) is 0 Å². The molecular formula is C23H18ClN3O4S. The molecule has 0 bridgehead atoms. The van der Waals surface area contributed by atoms with Gasteiger partial charge in [0.25, 0.3) is 5.91 Å². The molecule has 0 aliphatic rings. The number of aromatic nitrogens is 2. The Balaban J connectivity index is 1.74. The molecule has 2 aromatic heterocycles. The fraction of sp³-hybridized carbons (Fsp3) is 0.130. The Morgan fingerprint density at radius 2 is 1.91 bits per heavy atom. The van der Waals surface area contributed by atoms with E-state index in [0.717, 1.165) is 0 Å². The second-order valence-corrected chi connectivity index (χ2v) is 7.78. The smallest absolute Gasteiger partial charge is 0.276 e. The van der Waals surface area contributed by atoms with Gasteiger partial charge < -0.3 is 14.5 Å². The first kappa shape index (κ1) is 21.9.